The van der Waals surface area contributed by atoms with Crippen molar-refractivity contribution in [1.29, 1.82) is 5.26 Å². The van der Waals surface area contributed by atoms with Gasteiger partial charge in [0.15, 0.2) is 0 Å². The van der Waals surface area contributed by atoms with E-state index in [0.717, 1.165) is 44.1 Å². The number of likely N-dealkylation sites (tertiary alicyclic amines) is 1. The molecule has 0 saturated carbocycles. The van der Waals surface area contributed by atoms with Crippen molar-refractivity contribution in [1.82, 2.24) is 10.2 Å². The number of nitrogens with one attached hydrogen (secondary N) is 1. The molecule has 2 heterocycles. The molecule has 3 rings (SSSR count). The molecule has 0 radical (unpaired) electrons. The van der Waals surface area contributed by atoms with Crippen LogP contribution in [0.5, 0.6) is 5.75 Å². The molecular weight excluding hydrogens is 498 g/mol. The van der Waals surface area contributed by atoms with Crippen molar-refractivity contribution in [3.63, 3.8) is 0 Å². The largest absolute Gasteiger partial charge is 0.496 e. The summed E-state index contributed by atoms with van der Waals surface area (Å²) in [5, 5.41) is 12.9. The van der Waals surface area contributed by atoms with E-state index in [1.807, 2.05) is 4.90 Å². The van der Waals surface area contributed by atoms with E-state index < -0.39 is 23.7 Å². The Labute approximate surface area is 199 Å². The van der Waals surface area contributed by atoms with Crippen LogP contribution >= 0.6 is 27.7 Å². The summed E-state index contributed by atoms with van der Waals surface area (Å²) in [5.41, 5.74) is 0.799. The Hall–Kier alpha value is -2.51. The van der Waals surface area contributed by atoms with Crippen molar-refractivity contribution in [3.8, 4) is 11.8 Å². The molecule has 0 spiro atoms. The molecule has 0 bridgehead atoms. The first-order chi connectivity index (χ1) is 15.4. The van der Waals surface area contributed by atoms with E-state index in [-0.39, 0.29) is 17.2 Å². The average molecular weight is 522 g/mol. The number of carbonyl (C=O) groups is 3. The van der Waals surface area contributed by atoms with Crippen LogP contribution in [0, 0.1) is 17.2 Å². The number of ether oxygens (including phenoxy) is 2. The highest BCUT2D eigenvalue weighted by molar-refractivity contribution is 9.10. The molecule has 8 nitrogen and oxygen atoms in total. The highest BCUT2D eigenvalue weighted by atomic mass is 79.9. The first kappa shape index (κ1) is 24.1. The number of piperidine rings is 1. The minimum absolute atomic E-state index is 0.0347. The minimum atomic E-state index is -1.22. The Morgan fingerprint density at radius 1 is 1.28 bits per heavy atom. The molecule has 0 aliphatic carbocycles. The quantitative estimate of drug-likeness (QED) is 0.452. The standard InChI is InChI=1S/C22H24BrN3O5S/c1-30-16-7-6-13(10-15(16)23)18-14(11-24)21(25-20(28)19(18)22(29)31-2)32-12-17(27)26-8-4-3-5-9-26/h6-7,10,18-19H,3-5,8-9,12H2,1-2H3,(H,25,28)/t18-,19+/m0/s1. The average Bonchev–Trinajstić information content (AvgIpc) is 2.81. The topological polar surface area (TPSA) is 109 Å². The fourth-order valence-electron chi connectivity index (χ4n) is 3.92. The third-order valence-corrected chi connectivity index (χ3v) is 7.19. The zero-order chi connectivity index (χ0) is 23.3. The van der Waals surface area contributed by atoms with Gasteiger partial charge in [0.2, 0.25) is 11.8 Å². The Balaban J connectivity index is 1.95. The lowest BCUT2D eigenvalue weighted by Gasteiger charge is -2.31. The number of hydrogen-bond acceptors (Lipinski definition) is 7. The van der Waals surface area contributed by atoms with E-state index in [4.69, 9.17) is 9.47 Å². The third-order valence-electron chi connectivity index (χ3n) is 5.57. The molecule has 2 amide bonds. The number of nitrogens with zero attached hydrogens (tertiary/aromatic N) is 2. The molecule has 1 fully saturated rings. The summed E-state index contributed by atoms with van der Waals surface area (Å²) in [5.74, 6) is -2.74. The van der Waals surface area contributed by atoms with Gasteiger partial charge >= 0.3 is 5.97 Å². The Morgan fingerprint density at radius 3 is 2.59 bits per heavy atom. The van der Waals surface area contributed by atoms with Gasteiger partial charge in [-0.1, -0.05) is 17.8 Å². The van der Waals surface area contributed by atoms with E-state index in [9.17, 15) is 19.6 Å². The van der Waals surface area contributed by atoms with E-state index in [1.54, 1.807) is 18.2 Å². The first-order valence-corrected chi connectivity index (χ1v) is 12.0. The van der Waals surface area contributed by atoms with Gasteiger partial charge in [-0.3, -0.25) is 14.4 Å². The number of hydrogen-bond donors (Lipinski definition) is 1. The monoisotopic (exact) mass is 521 g/mol. The van der Waals surface area contributed by atoms with Gasteiger partial charge in [0, 0.05) is 19.0 Å². The van der Waals surface area contributed by atoms with Crippen LogP contribution < -0.4 is 10.1 Å². The normalized spacial score (nSPS) is 20.9. The highest BCUT2D eigenvalue weighted by Gasteiger charge is 2.44. The number of nitriles is 1. The number of esters is 1. The number of thioether (sulfide) groups is 1. The Bertz CT molecular complexity index is 984. The van der Waals surface area contributed by atoms with E-state index in [0.29, 0.717) is 20.8 Å². The highest BCUT2D eigenvalue weighted by Crippen LogP contribution is 2.42. The molecule has 1 aromatic rings. The van der Waals surface area contributed by atoms with E-state index >= 15 is 0 Å². The maximum absolute atomic E-state index is 12.9. The summed E-state index contributed by atoms with van der Waals surface area (Å²) in [6.45, 7) is 1.45. The molecule has 32 heavy (non-hydrogen) atoms. The Morgan fingerprint density at radius 2 is 2.00 bits per heavy atom. The van der Waals surface area contributed by atoms with Crippen LogP contribution in [0.15, 0.2) is 33.3 Å². The molecule has 170 valence electrons. The van der Waals surface area contributed by atoms with Gasteiger partial charge in [-0.25, -0.2) is 0 Å². The van der Waals surface area contributed by atoms with Gasteiger partial charge in [0.25, 0.3) is 0 Å². The molecule has 10 heteroatoms. The summed E-state index contributed by atoms with van der Waals surface area (Å²) in [6.07, 6.45) is 3.08. The summed E-state index contributed by atoms with van der Waals surface area (Å²) in [4.78, 5) is 39.8. The van der Waals surface area contributed by atoms with Gasteiger partial charge in [-0.15, -0.1) is 0 Å². The maximum atomic E-state index is 12.9. The molecule has 2 atom stereocenters. The predicted molar refractivity (Wildman–Crippen MR) is 123 cm³/mol. The second-order valence-electron chi connectivity index (χ2n) is 7.45. The number of allylic oxidation sites excluding steroid dienone is 1. The van der Waals surface area contributed by atoms with Crippen LogP contribution in [0.1, 0.15) is 30.7 Å². The number of rotatable bonds is 6. The maximum Gasteiger partial charge on any atom is 0.319 e. The SMILES string of the molecule is COC(=O)[C@H]1C(=O)NC(SCC(=O)N2CCCCC2)=C(C#N)[C@@H]1c1ccc(OC)c(Br)c1. The smallest absolute Gasteiger partial charge is 0.319 e. The molecular formula is C22H24BrN3O5S. The summed E-state index contributed by atoms with van der Waals surface area (Å²) in [7, 11) is 2.73. The van der Waals surface area contributed by atoms with E-state index in [1.165, 1.54) is 14.2 Å². The fourth-order valence-corrected chi connectivity index (χ4v) is 5.43. The molecule has 2 aliphatic rings. The number of benzene rings is 1. The number of methoxy groups -OCH3 is 2. The first-order valence-electron chi connectivity index (χ1n) is 10.2. The van der Waals surface area contributed by atoms with Crippen molar-refractivity contribution < 1.29 is 23.9 Å². The van der Waals surface area contributed by atoms with Gasteiger partial charge < -0.3 is 19.7 Å². The summed E-state index contributed by atoms with van der Waals surface area (Å²) in [6, 6.07) is 7.27. The van der Waals surface area contributed by atoms with Crippen molar-refractivity contribution in [2.45, 2.75) is 25.2 Å². The predicted octanol–water partition coefficient (Wildman–Crippen LogP) is 2.94. The fraction of sp³-hybridized carbons (Fsp3) is 0.455. The molecule has 1 saturated heterocycles. The zero-order valence-corrected chi connectivity index (χ0v) is 20.3. The number of carbonyl (C=O) groups excluding carboxylic acids is 3. The van der Waals surface area contributed by atoms with Gasteiger partial charge in [0.05, 0.1) is 41.1 Å². The number of amides is 2. The minimum Gasteiger partial charge on any atom is -0.496 e. The lowest BCUT2D eigenvalue weighted by atomic mass is 9.78. The van der Waals surface area contributed by atoms with Crippen molar-refractivity contribution >= 4 is 45.5 Å². The van der Waals surface area contributed by atoms with Crippen molar-refractivity contribution in [2.75, 3.05) is 33.1 Å². The molecule has 1 aromatic carbocycles. The van der Waals surface area contributed by atoms with Crippen LogP contribution in [-0.4, -0.2) is 55.7 Å². The lowest BCUT2D eigenvalue weighted by molar-refractivity contribution is -0.150. The summed E-state index contributed by atoms with van der Waals surface area (Å²) >= 11 is 4.53. The molecule has 1 N–H and O–H groups in total. The zero-order valence-electron chi connectivity index (χ0n) is 17.9. The van der Waals surface area contributed by atoms with Crippen molar-refractivity contribution in [2.24, 2.45) is 5.92 Å². The van der Waals surface area contributed by atoms with Gasteiger partial charge in [0.1, 0.15) is 11.7 Å². The van der Waals surface area contributed by atoms with Crippen LogP contribution in [0.25, 0.3) is 0 Å². The molecule has 2 aliphatic heterocycles. The van der Waals surface area contributed by atoms with Crippen molar-refractivity contribution in [3.05, 3.63) is 38.8 Å². The molecule has 0 unspecified atom stereocenters. The second kappa shape index (κ2) is 10.9. The van der Waals surface area contributed by atoms with Gasteiger partial charge in [-0.05, 0) is 52.9 Å². The van der Waals surface area contributed by atoms with Crippen LogP contribution in [0.4, 0.5) is 0 Å². The van der Waals surface area contributed by atoms with Crippen LogP contribution in [0.2, 0.25) is 0 Å². The van der Waals surface area contributed by atoms with Crippen LogP contribution in [0.3, 0.4) is 0 Å². The molecule has 0 aromatic heterocycles. The summed E-state index contributed by atoms with van der Waals surface area (Å²) < 4.78 is 10.7. The van der Waals surface area contributed by atoms with E-state index in [2.05, 4.69) is 27.3 Å². The Kier molecular flexibility index (Phi) is 8.21. The van der Waals surface area contributed by atoms with Gasteiger partial charge in [-0.2, -0.15) is 5.26 Å². The third kappa shape index (κ3) is 5.10. The van der Waals surface area contributed by atoms with Crippen LogP contribution in [-0.2, 0) is 19.1 Å². The second-order valence-corrected chi connectivity index (χ2v) is 9.29. The number of halogens is 1. The lowest BCUT2D eigenvalue weighted by Crippen LogP contribution is -2.44.